The topological polar surface area (TPSA) is 72.7 Å². The van der Waals surface area contributed by atoms with Crippen molar-refractivity contribution in [1.82, 2.24) is 19.1 Å². The molecule has 0 aliphatic carbocycles. The molecule has 0 unspecified atom stereocenters. The largest absolute Gasteiger partial charge is 0.329 e. The molecule has 0 aliphatic rings. The maximum Gasteiger partial charge on any atom is 0.329 e. The van der Waals surface area contributed by atoms with Gasteiger partial charge in [-0.1, -0.05) is 0 Å². The Bertz CT molecular complexity index is 579. The second-order valence-corrected chi connectivity index (χ2v) is 2.85. The fourth-order valence-corrected chi connectivity index (χ4v) is 1.26. The van der Waals surface area contributed by atoms with Crippen LogP contribution in [-0.4, -0.2) is 48.7 Å². The van der Waals surface area contributed by atoms with Gasteiger partial charge in [0.2, 0.25) is 0 Å². The third-order valence-electron chi connectivity index (χ3n) is 1.98. The number of aryl methyl sites for hydroxylation is 2. The van der Waals surface area contributed by atoms with Crippen LogP contribution in [0.5, 0.6) is 0 Å². The van der Waals surface area contributed by atoms with E-state index in [1.165, 1.54) is 10.9 Å². The van der Waals surface area contributed by atoms with E-state index in [4.69, 9.17) is 0 Å². The number of H-pyrrole nitrogens is 1. The van der Waals surface area contributed by atoms with E-state index < -0.39 is 11.2 Å². The second-order valence-electron chi connectivity index (χ2n) is 2.85. The summed E-state index contributed by atoms with van der Waals surface area (Å²) in [6.07, 6.45) is 1.50. The van der Waals surface area contributed by atoms with Gasteiger partial charge in [0.25, 0.3) is 5.56 Å². The average molecular weight is 203 g/mol. The third kappa shape index (κ3) is 1.45. The molecule has 0 bridgehead atoms. The van der Waals surface area contributed by atoms with Gasteiger partial charge in [0.15, 0.2) is 11.2 Å². The molecule has 1 N–H and O–H groups in total. The summed E-state index contributed by atoms with van der Waals surface area (Å²) in [5.41, 5.74) is -0.0485. The van der Waals surface area contributed by atoms with Crippen LogP contribution in [0, 0.1) is 0 Å². The van der Waals surface area contributed by atoms with E-state index >= 15 is 0 Å². The Morgan fingerprint density at radius 2 is 2.00 bits per heavy atom. The molecule has 6 nitrogen and oxygen atoms in total. The Morgan fingerprint density at radius 1 is 1.36 bits per heavy atom. The Labute approximate surface area is 101 Å². The summed E-state index contributed by atoms with van der Waals surface area (Å²) in [5, 5.41) is 0. The molecule has 0 aromatic carbocycles. The first-order valence-electron chi connectivity index (χ1n) is 3.71. The molecule has 1 radical (unpaired) electrons. The van der Waals surface area contributed by atoms with Crippen LogP contribution in [0.3, 0.4) is 0 Å². The van der Waals surface area contributed by atoms with E-state index in [1.807, 2.05) is 0 Å². The molecule has 0 spiro atoms. The first-order valence-corrected chi connectivity index (χ1v) is 3.71. The summed E-state index contributed by atoms with van der Waals surface area (Å²) in [6, 6.07) is 0. The maximum atomic E-state index is 11.3. The smallest absolute Gasteiger partial charge is 0.328 e. The van der Waals surface area contributed by atoms with Crippen molar-refractivity contribution in [2.75, 3.05) is 0 Å². The summed E-state index contributed by atoms with van der Waals surface area (Å²) >= 11 is 0. The molecule has 69 valence electrons. The number of aromatic nitrogens is 4. The number of hydrogen-bond donors (Lipinski definition) is 1. The molecule has 2 aromatic rings. The average Bonchev–Trinajstić information content (AvgIpc) is 2.44. The molecule has 14 heavy (non-hydrogen) atoms. The van der Waals surface area contributed by atoms with Crippen LogP contribution in [0.25, 0.3) is 11.2 Å². The Morgan fingerprint density at radius 3 is 2.64 bits per heavy atom. The number of fused-ring (bicyclic) bond motifs is 1. The number of hydrogen-bond acceptors (Lipinski definition) is 3. The Balaban J connectivity index is 0.000000980. The summed E-state index contributed by atoms with van der Waals surface area (Å²) in [6.45, 7) is 0. The second kappa shape index (κ2) is 3.72. The van der Waals surface area contributed by atoms with E-state index in [0.717, 1.165) is 0 Å². The van der Waals surface area contributed by atoms with Gasteiger partial charge in [-0.25, -0.2) is 9.78 Å². The fourth-order valence-electron chi connectivity index (χ4n) is 1.26. The van der Waals surface area contributed by atoms with Gasteiger partial charge in [-0.3, -0.25) is 14.3 Å². The van der Waals surface area contributed by atoms with E-state index in [-0.39, 0.29) is 29.6 Å². The molecular weight excluding hydrogens is 195 g/mol. The summed E-state index contributed by atoms with van der Waals surface area (Å²) in [7, 11) is 3.27. The molecule has 0 aliphatic heterocycles. The van der Waals surface area contributed by atoms with E-state index in [1.54, 1.807) is 18.7 Å². The van der Waals surface area contributed by atoms with Crippen molar-refractivity contribution in [2.24, 2.45) is 14.1 Å². The normalized spacial score (nSPS) is 10.1. The zero-order valence-corrected chi connectivity index (χ0v) is 10.2. The predicted octanol–water partition coefficient (Wildman–Crippen LogP) is -1.42. The van der Waals surface area contributed by atoms with Gasteiger partial charge >= 0.3 is 5.69 Å². The minimum Gasteiger partial charge on any atom is -0.328 e. The van der Waals surface area contributed by atoms with Gasteiger partial charge in [-0.15, -0.1) is 0 Å². The summed E-state index contributed by atoms with van der Waals surface area (Å²) < 4.78 is 2.88. The molecule has 2 aromatic heterocycles. The molecule has 2 heterocycles. The molecular formula is C7H8N4NaO2. The first kappa shape index (κ1) is 11.2. The van der Waals surface area contributed by atoms with Crippen LogP contribution >= 0.6 is 0 Å². The van der Waals surface area contributed by atoms with Gasteiger partial charge in [0, 0.05) is 43.7 Å². The van der Waals surface area contributed by atoms with Gasteiger partial charge in [-0.2, -0.15) is 0 Å². The number of nitrogens with zero attached hydrogens (tertiary/aromatic N) is 3. The molecule has 0 atom stereocenters. The van der Waals surface area contributed by atoms with Crippen LogP contribution in [0.2, 0.25) is 0 Å². The Kier molecular flexibility index (Phi) is 2.98. The van der Waals surface area contributed by atoms with E-state index in [9.17, 15) is 9.59 Å². The molecule has 0 saturated heterocycles. The molecule has 2 rings (SSSR count). The number of imidazole rings is 1. The van der Waals surface area contributed by atoms with Crippen molar-refractivity contribution in [3.05, 3.63) is 27.2 Å². The van der Waals surface area contributed by atoms with Crippen molar-refractivity contribution < 1.29 is 0 Å². The van der Waals surface area contributed by atoms with Crippen LogP contribution in [0.15, 0.2) is 15.9 Å². The van der Waals surface area contributed by atoms with Crippen LogP contribution in [0.1, 0.15) is 0 Å². The zero-order valence-electron chi connectivity index (χ0n) is 8.24. The minimum absolute atomic E-state index is 0. The van der Waals surface area contributed by atoms with Crippen molar-refractivity contribution in [2.45, 2.75) is 0 Å². The standard InChI is InChI=1S/C7H8N4O2.Na/c1-10-3-8-5-4(10)6(12)9-7(13)11(5)2;/h3H,1-2H3,(H,9,12,13);. The van der Waals surface area contributed by atoms with E-state index in [0.29, 0.717) is 11.2 Å². The SMILES string of the molecule is Cn1cnc2c1c(=O)[nH]c(=O)n2C.[Na]. The molecule has 0 fully saturated rings. The number of nitrogens with one attached hydrogen (secondary N) is 1. The van der Waals surface area contributed by atoms with E-state index in [2.05, 4.69) is 9.97 Å². The maximum absolute atomic E-state index is 11.3. The summed E-state index contributed by atoms with van der Waals surface area (Å²) in [4.78, 5) is 28.6. The Hall–Kier alpha value is -0.850. The van der Waals surface area contributed by atoms with Crippen molar-refractivity contribution in [3.63, 3.8) is 0 Å². The molecule has 0 saturated carbocycles. The minimum atomic E-state index is -0.448. The third-order valence-corrected chi connectivity index (χ3v) is 1.98. The summed E-state index contributed by atoms with van der Waals surface area (Å²) in [5.74, 6) is 0. The van der Waals surface area contributed by atoms with Crippen LogP contribution < -0.4 is 11.2 Å². The van der Waals surface area contributed by atoms with Crippen LogP contribution in [0.4, 0.5) is 0 Å². The first-order chi connectivity index (χ1) is 6.11. The monoisotopic (exact) mass is 203 g/mol. The van der Waals surface area contributed by atoms with Crippen molar-refractivity contribution in [3.8, 4) is 0 Å². The van der Waals surface area contributed by atoms with Gasteiger partial charge in [0.05, 0.1) is 6.33 Å². The van der Waals surface area contributed by atoms with Gasteiger partial charge in [0.1, 0.15) is 0 Å². The number of aromatic amines is 1. The molecule has 7 heteroatoms. The zero-order chi connectivity index (χ0) is 9.59. The number of rotatable bonds is 0. The quantitative estimate of drug-likeness (QED) is 0.534. The van der Waals surface area contributed by atoms with Gasteiger partial charge < -0.3 is 4.57 Å². The fraction of sp³-hybridized carbons (Fsp3) is 0.286. The van der Waals surface area contributed by atoms with Crippen LogP contribution in [-0.2, 0) is 14.1 Å². The van der Waals surface area contributed by atoms with Gasteiger partial charge in [-0.05, 0) is 0 Å². The van der Waals surface area contributed by atoms with Crippen molar-refractivity contribution in [1.29, 1.82) is 0 Å². The predicted molar refractivity (Wildman–Crippen MR) is 52.3 cm³/mol. The molecule has 0 amide bonds. The van der Waals surface area contributed by atoms with Crippen molar-refractivity contribution >= 4 is 40.7 Å².